The number of nitrogens with one attached hydrogen (secondary N) is 1. The Kier molecular flexibility index (Phi) is 6.92. The molecule has 31 heavy (non-hydrogen) atoms. The maximum Gasteiger partial charge on any atom is 0.340 e. The van der Waals surface area contributed by atoms with Gasteiger partial charge in [-0.25, -0.2) is 9.48 Å². The van der Waals surface area contributed by atoms with E-state index >= 15 is 0 Å². The summed E-state index contributed by atoms with van der Waals surface area (Å²) in [5.74, 6) is -1.41. The number of nitro benzene ring substituents is 1. The molecular weight excluding hydrogens is 424 g/mol. The third kappa shape index (κ3) is 5.63. The second-order valence-electron chi connectivity index (χ2n) is 6.30. The number of tetrazole rings is 1. The van der Waals surface area contributed by atoms with E-state index in [1.165, 1.54) is 16.8 Å². The van der Waals surface area contributed by atoms with E-state index in [1.54, 1.807) is 19.2 Å². The zero-order chi connectivity index (χ0) is 22.4. The van der Waals surface area contributed by atoms with Crippen molar-refractivity contribution in [2.24, 2.45) is 7.05 Å². The van der Waals surface area contributed by atoms with Gasteiger partial charge >= 0.3 is 5.97 Å². The van der Waals surface area contributed by atoms with Crippen LogP contribution < -0.4 is 5.32 Å². The molecule has 1 amide bonds. The molecule has 0 aliphatic rings. The highest BCUT2D eigenvalue weighted by molar-refractivity contribution is 7.99. The predicted molar refractivity (Wildman–Crippen MR) is 111 cm³/mol. The molecule has 1 N–H and O–H groups in total. The van der Waals surface area contributed by atoms with Crippen LogP contribution in [0.15, 0.2) is 52.5 Å². The first-order valence-electron chi connectivity index (χ1n) is 9.12. The van der Waals surface area contributed by atoms with Gasteiger partial charge in [-0.15, -0.1) is 5.10 Å². The quantitative estimate of drug-likeness (QED) is 0.316. The summed E-state index contributed by atoms with van der Waals surface area (Å²) in [5.41, 5.74) is 1.34. The second kappa shape index (κ2) is 9.80. The van der Waals surface area contributed by atoms with Gasteiger partial charge in [-0.2, -0.15) is 0 Å². The molecule has 2 aromatic carbocycles. The van der Waals surface area contributed by atoms with E-state index in [2.05, 4.69) is 20.8 Å². The SMILES string of the molecule is CCc1ccc(NC(=O)COC(=O)c2cc([N+](=O)[O-])ccc2Sc2nnnn2C)cc1. The summed E-state index contributed by atoms with van der Waals surface area (Å²) < 4.78 is 6.47. The lowest BCUT2D eigenvalue weighted by Crippen LogP contribution is -2.21. The second-order valence-corrected chi connectivity index (χ2v) is 7.31. The summed E-state index contributed by atoms with van der Waals surface area (Å²) in [6, 6.07) is 11.0. The Hall–Kier alpha value is -3.80. The summed E-state index contributed by atoms with van der Waals surface area (Å²) in [4.78, 5) is 35.6. The van der Waals surface area contributed by atoms with Crippen LogP contribution in [0, 0.1) is 10.1 Å². The summed E-state index contributed by atoms with van der Waals surface area (Å²) in [5, 5.41) is 25.2. The van der Waals surface area contributed by atoms with Crippen molar-refractivity contribution < 1.29 is 19.2 Å². The van der Waals surface area contributed by atoms with Crippen LogP contribution in [-0.4, -0.2) is 43.6 Å². The van der Waals surface area contributed by atoms with Crippen LogP contribution in [0.5, 0.6) is 0 Å². The summed E-state index contributed by atoms with van der Waals surface area (Å²) in [6.07, 6.45) is 0.875. The monoisotopic (exact) mass is 442 g/mol. The number of aromatic nitrogens is 4. The molecule has 0 saturated heterocycles. The van der Waals surface area contributed by atoms with E-state index in [0.29, 0.717) is 15.7 Å². The van der Waals surface area contributed by atoms with Gasteiger partial charge in [0.15, 0.2) is 6.61 Å². The lowest BCUT2D eigenvalue weighted by molar-refractivity contribution is -0.384. The normalized spacial score (nSPS) is 10.5. The van der Waals surface area contributed by atoms with E-state index in [9.17, 15) is 19.7 Å². The minimum atomic E-state index is -0.877. The predicted octanol–water partition coefficient (Wildman–Crippen LogP) is 2.63. The number of non-ortho nitro benzene ring substituents is 1. The molecule has 1 aromatic heterocycles. The average Bonchev–Trinajstić information content (AvgIpc) is 3.17. The number of aryl methyl sites for hydroxylation is 2. The van der Waals surface area contributed by atoms with Crippen molar-refractivity contribution in [3.63, 3.8) is 0 Å². The van der Waals surface area contributed by atoms with Gasteiger partial charge in [-0.1, -0.05) is 19.1 Å². The number of carbonyl (C=O) groups is 2. The van der Waals surface area contributed by atoms with Crippen LogP contribution in [0.3, 0.4) is 0 Å². The van der Waals surface area contributed by atoms with Gasteiger partial charge in [-0.05, 0) is 52.4 Å². The number of benzene rings is 2. The zero-order valence-electron chi connectivity index (χ0n) is 16.6. The topological polar surface area (TPSA) is 142 Å². The van der Waals surface area contributed by atoms with Gasteiger partial charge in [0.2, 0.25) is 5.16 Å². The Morgan fingerprint density at radius 1 is 1.23 bits per heavy atom. The van der Waals surface area contributed by atoms with Crippen molar-refractivity contribution in [3.8, 4) is 0 Å². The maximum absolute atomic E-state index is 12.6. The highest BCUT2D eigenvalue weighted by Crippen LogP contribution is 2.31. The third-order valence-corrected chi connectivity index (χ3v) is 5.26. The maximum atomic E-state index is 12.6. The molecule has 160 valence electrons. The van der Waals surface area contributed by atoms with Gasteiger partial charge < -0.3 is 10.1 Å². The van der Waals surface area contributed by atoms with E-state index in [0.717, 1.165) is 29.8 Å². The first kappa shape index (κ1) is 21.9. The molecule has 0 spiro atoms. The number of esters is 1. The number of nitro groups is 1. The number of anilines is 1. The zero-order valence-corrected chi connectivity index (χ0v) is 17.5. The van der Waals surface area contributed by atoms with Crippen LogP contribution in [-0.2, 0) is 23.0 Å². The minimum absolute atomic E-state index is 0.0673. The Morgan fingerprint density at radius 3 is 2.58 bits per heavy atom. The largest absolute Gasteiger partial charge is 0.452 e. The van der Waals surface area contributed by atoms with Crippen molar-refractivity contribution in [1.82, 2.24) is 20.2 Å². The smallest absolute Gasteiger partial charge is 0.340 e. The summed E-state index contributed by atoms with van der Waals surface area (Å²) >= 11 is 1.04. The summed E-state index contributed by atoms with van der Waals surface area (Å²) in [7, 11) is 1.61. The van der Waals surface area contributed by atoms with Gasteiger partial charge in [0.05, 0.1) is 10.5 Å². The number of carbonyl (C=O) groups excluding carboxylic acids is 2. The van der Waals surface area contributed by atoms with Crippen molar-refractivity contribution in [3.05, 3.63) is 63.7 Å². The molecule has 1 heterocycles. The number of ether oxygens (including phenoxy) is 1. The van der Waals surface area contributed by atoms with Crippen LogP contribution in [0.1, 0.15) is 22.8 Å². The number of hydrogen-bond acceptors (Lipinski definition) is 9. The lowest BCUT2D eigenvalue weighted by atomic mass is 10.1. The molecule has 12 heteroatoms. The van der Waals surface area contributed by atoms with Crippen LogP contribution in [0.4, 0.5) is 11.4 Å². The minimum Gasteiger partial charge on any atom is -0.452 e. The van der Waals surface area contributed by atoms with Crippen molar-refractivity contribution in [2.45, 2.75) is 23.4 Å². The van der Waals surface area contributed by atoms with Crippen LogP contribution in [0.25, 0.3) is 0 Å². The number of nitrogens with zero attached hydrogens (tertiary/aromatic N) is 5. The van der Waals surface area contributed by atoms with Gasteiger partial charge in [0.25, 0.3) is 11.6 Å². The molecule has 11 nitrogen and oxygen atoms in total. The summed E-state index contributed by atoms with van der Waals surface area (Å²) in [6.45, 7) is 1.47. The third-order valence-electron chi connectivity index (χ3n) is 4.16. The van der Waals surface area contributed by atoms with Crippen LogP contribution >= 0.6 is 11.8 Å². The average molecular weight is 442 g/mol. The van der Waals surface area contributed by atoms with E-state index in [-0.39, 0.29) is 11.3 Å². The standard InChI is InChI=1S/C19H18N6O5S/c1-3-12-4-6-13(7-5-12)20-17(26)11-30-18(27)15-10-14(25(28)29)8-9-16(15)31-19-21-22-23-24(19)2/h4-10H,3,11H2,1-2H3,(H,20,26). The Balaban J connectivity index is 1.71. The molecule has 0 fully saturated rings. The number of hydrogen-bond donors (Lipinski definition) is 1. The highest BCUT2D eigenvalue weighted by Gasteiger charge is 2.21. The molecule has 0 aliphatic heterocycles. The Labute approximate surface area is 180 Å². The molecule has 3 rings (SSSR count). The molecule has 0 saturated carbocycles. The number of amides is 1. The molecule has 0 unspecified atom stereocenters. The molecule has 0 aliphatic carbocycles. The fourth-order valence-electron chi connectivity index (χ4n) is 2.52. The van der Waals surface area contributed by atoms with Crippen molar-refractivity contribution >= 4 is 35.0 Å². The van der Waals surface area contributed by atoms with Crippen LogP contribution in [0.2, 0.25) is 0 Å². The molecule has 0 bridgehead atoms. The van der Waals surface area contributed by atoms with Gasteiger partial charge in [0.1, 0.15) is 0 Å². The first-order chi connectivity index (χ1) is 14.9. The fourth-order valence-corrected chi connectivity index (χ4v) is 3.35. The molecule has 0 atom stereocenters. The van der Waals surface area contributed by atoms with Gasteiger partial charge in [-0.3, -0.25) is 14.9 Å². The fraction of sp³-hybridized carbons (Fsp3) is 0.211. The Bertz CT molecular complexity index is 1120. The highest BCUT2D eigenvalue weighted by atomic mass is 32.2. The van der Waals surface area contributed by atoms with Crippen molar-refractivity contribution in [2.75, 3.05) is 11.9 Å². The van der Waals surface area contributed by atoms with Gasteiger partial charge in [0, 0.05) is 29.8 Å². The molecule has 0 radical (unpaired) electrons. The van der Waals surface area contributed by atoms with E-state index < -0.39 is 23.4 Å². The first-order valence-corrected chi connectivity index (χ1v) is 9.93. The molecule has 3 aromatic rings. The number of rotatable bonds is 8. The van der Waals surface area contributed by atoms with E-state index in [1.807, 2.05) is 19.1 Å². The van der Waals surface area contributed by atoms with Crippen molar-refractivity contribution in [1.29, 1.82) is 0 Å². The Morgan fingerprint density at radius 2 is 1.97 bits per heavy atom. The van der Waals surface area contributed by atoms with E-state index in [4.69, 9.17) is 4.74 Å². The molecular formula is C19H18N6O5S. The lowest BCUT2D eigenvalue weighted by Gasteiger charge is -2.10.